The zero-order valence-corrected chi connectivity index (χ0v) is 8.93. The van der Waals surface area contributed by atoms with Crippen LogP contribution in [0.3, 0.4) is 0 Å². The van der Waals surface area contributed by atoms with Crippen molar-refractivity contribution in [2.75, 3.05) is 13.2 Å². The first-order valence-electron chi connectivity index (χ1n) is 5.37. The number of aliphatic hydroxyl groups is 1. The minimum atomic E-state index is -1.05. The molecule has 0 radical (unpaired) electrons. The summed E-state index contributed by atoms with van der Waals surface area (Å²) >= 11 is 0. The van der Waals surface area contributed by atoms with Crippen LogP contribution in [0.15, 0.2) is 16.5 Å². The minimum Gasteiger partial charge on any atom is -0.475 e. The van der Waals surface area contributed by atoms with E-state index in [-0.39, 0.29) is 18.4 Å². The van der Waals surface area contributed by atoms with Gasteiger partial charge in [0, 0.05) is 6.04 Å². The molecule has 2 N–H and O–H groups in total. The molecule has 5 nitrogen and oxygen atoms in total. The smallest absolute Gasteiger partial charge is 0.371 e. The van der Waals surface area contributed by atoms with E-state index in [2.05, 4.69) is 4.90 Å². The second-order valence-electron chi connectivity index (χ2n) is 4.02. The van der Waals surface area contributed by atoms with E-state index >= 15 is 0 Å². The summed E-state index contributed by atoms with van der Waals surface area (Å²) in [6.07, 6.45) is 2.06. The van der Waals surface area contributed by atoms with Crippen molar-refractivity contribution in [3.05, 3.63) is 23.7 Å². The Morgan fingerprint density at radius 1 is 1.56 bits per heavy atom. The van der Waals surface area contributed by atoms with Crippen LogP contribution in [0.2, 0.25) is 0 Å². The van der Waals surface area contributed by atoms with Crippen LogP contribution in [0.1, 0.15) is 29.2 Å². The van der Waals surface area contributed by atoms with E-state index in [1.54, 1.807) is 6.07 Å². The maximum atomic E-state index is 10.6. The highest BCUT2D eigenvalue weighted by Gasteiger charge is 2.24. The van der Waals surface area contributed by atoms with Gasteiger partial charge in [-0.1, -0.05) is 0 Å². The van der Waals surface area contributed by atoms with Gasteiger partial charge in [-0.25, -0.2) is 4.79 Å². The molecule has 88 valence electrons. The zero-order valence-electron chi connectivity index (χ0n) is 8.93. The Kier molecular flexibility index (Phi) is 3.26. The van der Waals surface area contributed by atoms with Gasteiger partial charge >= 0.3 is 5.97 Å². The average molecular weight is 225 g/mol. The van der Waals surface area contributed by atoms with Crippen LogP contribution in [-0.4, -0.2) is 40.3 Å². The number of carbonyl (C=O) groups is 1. The quantitative estimate of drug-likeness (QED) is 0.797. The number of likely N-dealkylation sites (tertiary alicyclic amines) is 1. The third-order valence-electron chi connectivity index (χ3n) is 2.94. The maximum Gasteiger partial charge on any atom is 0.371 e. The molecular weight excluding hydrogens is 210 g/mol. The second-order valence-corrected chi connectivity index (χ2v) is 4.02. The number of nitrogens with zero attached hydrogens (tertiary/aromatic N) is 1. The summed E-state index contributed by atoms with van der Waals surface area (Å²) in [5.74, 6) is -0.445. The molecular formula is C11H15NO4. The molecule has 1 aliphatic rings. The fourth-order valence-corrected chi connectivity index (χ4v) is 2.09. The minimum absolute atomic E-state index is 0.0326. The van der Waals surface area contributed by atoms with Crippen molar-refractivity contribution in [2.24, 2.45) is 0 Å². The van der Waals surface area contributed by atoms with Gasteiger partial charge in [-0.15, -0.1) is 0 Å². The Morgan fingerprint density at radius 3 is 3.00 bits per heavy atom. The van der Waals surface area contributed by atoms with Crippen LogP contribution in [0, 0.1) is 0 Å². The van der Waals surface area contributed by atoms with Crippen LogP contribution in [-0.2, 0) is 6.54 Å². The van der Waals surface area contributed by atoms with Crippen molar-refractivity contribution >= 4 is 5.97 Å². The molecule has 0 unspecified atom stereocenters. The number of carboxylic acid groups (broad SMARTS) is 1. The van der Waals surface area contributed by atoms with Crippen molar-refractivity contribution in [3.8, 4) is 0 Å². The number of hydrogen-bond acceptors (Lipinski definition) is 4. The molecule has 2 heterocycles. The van der Waals surface area contributed by atoms with Crippen molar-refractivity contribution in [2.45, 2.75) is 25.4 Å². The summed E-state index contributed by atoms with van der Waals surface area (Å²) in [5, 5.41) is 17.9. The van der Waals surface area contributed by atoms with Gasteiger partial charge in [0.05, 0.1) is 13.2 Å². The summed E-state index contributed by atoms with van der Waals surface area (Å²) in [4.78, 5) is 12.7. The molecule has 1 fully saturated rings. The van der Waals surface area contributed by atoms with Crippen LogP contribution in [0.25, 0.3) is 0 Å². The van der Waals surface area contributed by atoms with Gasteiger partial charge in [0.1, 0.15) is 5.76 Å². The van der Waals surface area contributed by atoms with Gasteiger partial charge in [-0.2, -0.15) is 0 Å². The topological polar surface area (TPSA) is 73.9 Å². The van der Waals surface area contributed by atoms with E-state index in [1.807, 2.05) is 0 Å². The summed E-state index contributed by atoms with van der Waals surface area (Å²) in [6, 6.07) is 3.32. The summed E-state index contributed by atoms with van der Waals surface area (Å²) in [7, 11) is 0. The molecule has 1 aliphatic heterocycles. The van der Waals surface area contributed by atoms with E-state index in [4.69, 9.17) is 14.6 Å². The summed E-state index contributed by atoms with van der Waals surface area (Å²) < 4.78 is 5.18. The summed E-state index contributed by atoms with van der Waals surface area (Å²) in [6.45, 7) is 1.64. The Balaban J connectivity index is 2.00. The Morgan fingerprint density at radius 2 is 2.38 bits per heavy atom. The molecule has 1 aromatic heterocycles. The first-order valence-corrected chi connectivity index (χ1v) is 5.37. The molecule has 1 saturated heterocycles. The van der Waals surface area contributed by atoms with Gasteiger partial charge in [-0.3, -0.25) is 4.90 Å². The van der Waals surface area contributed by atoms with Gasteiger partial charge < -0.3 is 14.6 Å². The molecule has 0 amide bonds. The van der Waals surface area contributed by atoms with Gasteiger partial charge in [0.2, 0.25) is 5.76 Å². The third-order valence-corrected chi connectivity index (χ3v) is 2.94. The third kappa shape index (κ3) is 2.25. The highest BCUT2D eigenvalue weighted by Crippen LogP contribution is 2.20. The number of carboxylic acids is 1. The van der Waals surface area contributed by atoms with E-state index in [0.29, 0.717) is 12.3 Å². The van der Waals surface area contributed by atoms with Crippen LogP contribution < -0.4 is 0 Å². The number of hydrogen-bond donors (Lipinski definition) is 2. The molecule has 0 aromatic carbocycles. The Labute approximate surface area is 93.3 Å². The highest BCUT2D eigenvalue weighted by atomic mass is 16.4. The van der Waals surface area contributed by atoms with Gasteiger partial charge in [-0.05, 0) is 31.5 Å². The lowest BCUT2D eigenvalue weighted by molar-refractivity contribution is 0.0656. The first kappa shape index (κ1) is 11.2. The first-order chi connectivity index (χ1) is 7.70. The van der Waals surface area contributed by atoms with Crippen molar-refractivity contribution in [1.29, 1.82) is 0 Å². The fraction of sp³-hybridized carbons (Fsp3) is 0.545. The maximum absolute atomic E-state index is 10.6. The van der Waals surface area contributed by atoms with E-state index in [1.165, 1.54) is 6.07 Å². The molecule has 1 atom stereocenters. The lowest BCUT2D eigenvalue weighted by Crippen LogP contribution is -2.31. The summed E-state index contributed by atoms with van der Waals surface area (Å²) in [5.41, 5.74) is 0. The molecule has 0 saturated carbocycles. The monoisotopic (exact) mass is 225 g/mol. The largest absolute Gasteiger partial charge is 0.475 e. The highest BCUT2D eigenvalue weighted by molar-refractivity contribution is 5.84. The number of rotatable bonds is 4. The molecule has 0 aliphatic carbocycles. The SMILES string of the molecule is O=C(O)c1ccc(CN2CCC[C@@H]2CO)o1. The van der Waals surface area contributed by atoms with E-state index in [0.717, 1.165) is 19.4 Å². The van der Waals surface area contributed by atoms with E-state index < -0.39 is 5.97 Å². The van der Waals surface area contributed by atoms with Crippen molar-refractivity contribution < 1.29 is 19.4 Å². The molecule has 0 bridgehead atoms. The zero-order chi connectivity index (χ0) is 11.5. The number of aromatic carboxylic acids is 1. The Hall–Kier alpha value is -1.33. The number of aliphatic hydroxyl groups excluding tert-OH is 1. The predicted molar refractivity (Wildman–Crippen MR) is 56.2 cm³/mol. The Bertz CT molecular complexity index is 374. The van der Waals surface area contributed by atoms with E-state index in [9.17, 15) is 4.79 Å². The lowest BCUT2D eigenvalue weighted by atomic mass is 10.2. The predicted octanol–water partition coefficient (Wildman–Crippen LogP) is 0.934. The molecule has 2 rings (SSSR count). The molecule has 16 heavy (non-hydrogen) atoms. The molecule has 5 heteroatoms. The fourth-order valence-electron chi connectivity index (χ4n) is 2.09. The second kappa shape index (κ2) is 4.67. The van der Waals surface area contributed by atoms with Crippen LogP contribution in [0.4, 0.5) is 0 Å². The standard InChI is InChI=1S/C11H15NO4/c13-7-8-2-1-5-12(8)6-9-3-4-10(16-9)11(14)15/h3-4,8,13H,1-2,5-7H2,(H,14,15)/t8-/m1/s1. The van der Waals surface area contributed by atoms with Gasteiger partial charge in [0.25, 0.3) is 0 Å². The van der Waals surface area contributed by atoms with Crippen LogP contribution in [0.5, 0.6) is 0 Å². The van der Waals surface area contributed by atoms with Crippen molar-refractivity contribution in [3.63, 3.8) is 0 Å². The van der Waals surface area contributed by atoms with Gasteiger partial charge in [0.15, 0.2) is 0 Å². The average Bonchev–Trinajstić information content (AvgIpc) is 2.87. The molecule has 0 spiro atoms. The normalized spacial score (nSPS) is 21.4. The van der Waals surface area contributed by atoms with Crippen LogP contribution >= 0.6 is 0 Å². The van der Waals surface area contributed by atoms with Crippen molar-refractivity contribution in [1.82, 2.24) is 4.90 Å². The number of furan rings is 1. The lowest BCUT2D eigenvalue weighted by Gasteiger charge is -2.20. The molecule has 1 aromatic rings.